The standard InChI is InChI=1S/C8H7NS/c10-8-7-4-2-1-3-6(7)5-9-8/h1-4H,5H2,(H,9,10). The molecule has 0 atom stereocenters. The Kier molecular flexibility index (Phi) is 1.21. The van der Waals surface area contributed by atoms with Crippen LogP contribution in [0.1, 0.15) is 11.1 Å². The second kappa shape index (κ2) is 2.06. The van der Waals surface area contributed by atoms with E-state index in [1.165, 1.54) is 11.1 Å². The van der Waals surface area contributed by atoms with E-state index in [0.29, 0.717) is 0 Å². The van der Waals surface area contributed by atoms with Crippen LogP contribution in [-0.4, -0.2) is 4.99 Å². The van der Waals surface area contributed by atoms with Gasteiger partial charge in [0, 0.05) is 12.1 Å². The van der Waals surface area contributed by atoms with Gasteiger partial charge in [0.15, 0.2) is 0 Å². The highest BCUT2D eigenvalue weighted by atomic mass is 32.1. The monoisotopic (exact) mass is 149 g/mol. The smallest absolute Gasteiger partial charge is 0.107 e. The Bertz CT molecular complexity index is 280. The minimum Gasteiger partial charge on any atom is -0.372 e. The Morgan fingerprint density at radius 1 is 1.30 bits per heavy atom. The third kappa shape index (κ3) is 0.727. The highest BCUT2D eigenvalue weighted by molar-refractivity contribution is 7.80. The molecule has 1 heterocycles. The summed E-state index contributed by atoms with van der Waals surface area (Å²) in [6, 6.07) is 8.20. The molecule has 1 aromatic carbocycles. The summed E-state index contributed by atoms with van der Waals surface area (Å²) in [5.74, 6) is 0. The zero-order valence-corrected chi connectivity index (χ0v) is 6.24. The molecule has 0 fully saturated rings. The number of hydrogen-bond acceptors (Lipinski definition) is 1. The van der Waals surface area contributed by atoms with Gasteiger partial charge < -0.3 is 5.32 Å². The van der Waals surface area contributed by atoms with Gasteiger partial charge in [-0.1, -0.05) is 36.5 Å². The van der Waals surface area contributed by atoms with E-state index in [1.807, 2.05) is 12.1 Å². The number of rotatable bonds is 0. The van der Waals surface area contributed by atoms with Crippen molar-refractivity contribution in [2.45, 2.75) is 6.54 Å². The second-order valence-corrected chi connectivity index (χ2v) is 2.75. The van der Waals surface area contributed by atoms with Gasteiger partial charge in [-0.3, -0.25) is 0 Å². The Balaban J connectivity index is 2.61. The molecular weight excluding hydrogens is 142 g/mol. The Morgan fingerprint density at radius 2 is 2.10 bits per heavy atom. The molecule has 0 unspecified atom stereocenters. The van der Waals surface area contributed by atoms with E-state index < -0.39 is 0 Å². The van der Waals surface area contributed by atoms with Crippen molar-refractivity contribution >= 4 is 17.2 Å². The minimum atomic E-state index is 0.885. The van der Waals surface area contributed by atoms with Gasteiger partial charge in [0.1, 0.15) is 4.99 Å². The van der Waals surface area contributed by atoms with Crippen LogP contribution in [0.2, 0.25) is 0 Å². The average Bonchev–Trinajstić information content (AvgIpc) is 2.34. The van der Waals surface area contributed by atoms with Gasteiger partial charge in [0.25, 0.3) is 0 Å². The second-order valence-electron chi connectivity index (χ2n) is 2.34. The van der Waals surface area contributed by atoms with Crippen LogP contribution in [0, 0.1) is 0 Å². The first kappa shape index (κ1) is 5.86. The fourth-order valence-electron chi connectivity index (χ4n) is 1.17. The summed E-state index contributed by atoms with van der Waals surface area (Å²) in [6.45, 7) is 0.898. The van der Waals surface area contributed by atoms with Crippen LogP contribution >= 0.6 is 12.2 Å². The first-order chi connectivity index (χ1) is 4.88. The Morgan fingerprint density at radius 3 is 2.90 bits per heavy atom. The molecule has 2 rings (SSSR count). The maximum atomic E-state index is 5.06. The van der Waals surface area contributed by atoms with E-state index in [2.05, 4.69) is 17.4 Å². The molecule has 0 spiro atoms. The first-order valence-electron chi connectivity index (χ1n) is 3.24. The van der Waals surface area contributed by atoms with Gasteiger partial charge >= 0.3 is 0 Å². The molecule has 0 amide bonds. The number of benzene rings is 1. The van der Waals surface area contributed by atoms with Crippen molar-refractivity contribution < 1.29 is 0 Å². The molecule has 1 N–H and O–H groups in total. The predicted octanol–water partition coefficient (Wildman–Crippen LogP) is 1.47. The van der Waals surface area contributed by atoms with Crippen LogP contribution in [-0.2, 0) is 6.54 Å². The van der Waals surface area contributed by atoms with Crippen molar-refractivity contribution in [3.05, 3.63) is 35.4 Å². The van der Waals surface area contributed by atoms with Gasteiger partial charge in [-0.15, -0.1) is 0 Å². The number of thiocarbonyl (C=S) groups is 1. The molecule has 0 aliphatic carbocycles. The molecule has 0 aromatic heterocycles. The highest BCUT2D eigenvalue weighted by Crippen LogP contribution is 2.14. The van der Waals surface area contributed by atoms with E-state index >= 15 is 0 Å². The van der Waals surface area contributed by atoms with Crippen LogP contribution in [0.4, 0.5) is 0 Å². The summed E-state index contributed by atoms with van der Waals surface area (Å²) in [5, 5.41) is 3.12. The topological polar surface area (TPSA) is 12.0 Å². The lowest BCUT2D eigenvalue weighted by Gasteiger charge is -1.92. The summed E-state index contributed by atoms with van der Waals surface area (Å²) < 4.78 is 0. The van der Waals surface area contributed by atoms with Crippen LogP contribution in [0.25, 0.3) is 0 Å². The molecule has 1 aromatic rings. The maximum Gasteiger partial charge on any atom is 0.107 e. The van der Waals surface area contributed by atoms with E-state index in [-0.39, 0.29) is 0 Å². The van der Waals surface area contributed by atoms with Gasteiger partial charge in [-0.25, -0.2) is 0 Å². The lowest BCUT2D eigenvalue weighted by molar-refractivity contribution is 0.973. The normalized spacial score (nSPS) is 14.6. The summed E-state index contributed by atoms with van der Waals surface area (Å²) in [5.41, 5.74) is 2.50. The van der Waals surface area contributed by atoms with Crippen LogP contribution < -0.4 is 5.32 Å². The van der Waals surface area contributed by atoms with Crippen molar-refractivity contribution in [2.75, 3.05) is 0 Å². The number of hydrogen-bond donors (Lipinski definition) is 1. The van der Waals surface area contributed by atoms with Crippen molar-refractivity contribution in [1.29, 1.82) is 0 Å². The Hall–Kier alpha value is -0.890. The Labute approximate surface area is 65.1 Å². The van der Waals surface area contributed by atoms with Gasteiger partial charge in [-0.05, 0) is 5.56 Å². The molecule has 2 heteroatoms. The van der Waals surface area contributed by atoms with Gasteiger partial charge in [0.2, 0.25) is 0 Å². The molecule has 1 nitrogen and oxygen atoms in total. The van der Waals surface area contributed by atoms with Gasteiger partial charge in [0.05, 0.1) is 0 Å². The molecule has 10 heavy (non-hydrogen) atoms. The molecular formula is C8H7NS. The molecule has 0 saturated carbocycles. The van der Waals surface area contributed by atoms with Crippen molar-refractivity contribution in [1.82, 2.24) is 5.32 Å². The largest absolute Gasteiger partial charge is 0.372 e. The van der Waals surface area contributed by atoms with Crippen LogP contribution in [0.3, 0.4) is 0 Å². The van der Waals surface area contributed by atoms with Crippen molar-refractivity contribution in [3.8, 4) is 0 Å². The fraction of sp³-hybridized carbons (Fsp3) is 0.125. The lowest BCUT2D eigenvalue weighted by atomic mass is 10.1. The third-order valence-electron chi connectivity index (χ3n) is 1.70. The number of nitrogens with one attached hydrogen (secondary N) is 1. The van der Waals surface area contributed by atoms with Crippen LogP contribution in [0.5, 0.6) is 0 Å². The first-order valence-corrected chi connectivity index (χ1v) is 3.65. The van der Waals surface area contributed by atoms with Crippen LogP contribution in [0.15, 0.2) is 24.3 Å². The molecule has 1 aliphatic heterocycles. The summed E-state index contributed by atoms with van der Waals surface area (Å²) in [4.78, 5) is 0.885. The van der Waals surface area contributed by atoms with Crippen molar-refractivity contribution in [2.24, 2.45) is 0 Å². The van der Waals surface area contributed by atoms with Crippen molar-refractivity contribution in [3.63, 3.8) is 0 Å². The van der Waals surface area contributed by atoms with E-state index in [0.717, 1.165) is 11.5 Å². The third-order valence-corrected chi connectivity index (χ3v) is 2.07. The lowest BCUT2D eigenvalue weighted by Crippen LogP contribution is -2.10. The molecule has 1 aliphatic rings. The van der Waals surface area contributed by atoms with E-state index in [1.54, 1.807) is 0 Å². The quantitative estimate of drug-likeness (QED) is 0.560. The van der Waals surface area contributed by atoms with E-state index in [4.69, 9.17) is 12.2 Å². The summed E-state index contributed by atoms with van der Waals surface area (Å²) in [7, 11) is 0. The minimum absolute atomic E-state index is 0.885. The zero-order chi connectivity index (χ0) is 6.97. The van der Waals surface area contributed by atoms with Gasteiger partial charge in [-0.2, -0.15) is 0 Å². The summed E-state index contributed by atoms with van der Waals surface area (Å²) in [6.07, 6.45) is 0. The van der Waals surface area contributed by atoms with E-state index in [9.17, 15) is 0 Å². The zero-order valence-electron chi connectivity index (χ0n) is 5.42. The summed E-state index contributed by atoms with van der Waals surface area (Å²) >= 11 is 5.06. The average molecular weight is 149 g/mol. The predicted molar refractivity (Wildman–Crippen MR) is 45.0 cm³/mol. The molecule has 50 valence electrons. The highest BCUT2D eigenvalue weighted by Gasteiger charge is 2.12. The fourth-order valence-corrected chi connectivity index (χ4v) is 1.44. The molecule has 0 saturated heterocycles. The number of fused-ring (bicyclic) bond motifs is 1. The molecule has 0 radical (unpaired) electrons. The molecule has 0 bridgehead atoms. The maximum absolute atomic E-state index is 5.06. The SMILES string of the molecule is S=C1NCc2ccccc21.